The fourth-order valence-corrected chi connectivity index (χ4v) is 3.33. The maximum absolute atomic E-state index is 12.9. The summed E-state index contributed by atoms with van der Waals surface area (Å²) in [7, 11) is 0. The molecule has 0 atom stereocenters. The van der Waals surface area contributed by atoms with Crippen LogP contribution in [0.5, 0.6) is 5.75 Å². The Hall–Kier alpha value is -1.78. The van der Waals surface area contributed by atoms with Crippen molar-refractivity contribution >= 4 is 5.91 Å². The summed E-state index contributed by atoms with van der Waals surface area (Å²) < 4.78 is 7.71. The SMILES string of the molecule is CC(C)CCNC(=O)c1c(OCC2CC2)cc(=O)n2c1CCCCC2. The third-order valence-electron chi connectivity index (χ3n) is 5.08. The number of amides is 1. The van der Waals surface area contributed by atoms with Gasteiger partial charge in [-0.15, -0.1) is 0 Å². The highest BCUT2D eigenvalue weighted by molar-refractivity contribution is 5.98. The third-order valence-corrected chi connectivity index (χ3v) is 5.08. The Bertz CT molecular complexity index is 674. The number of hydrogen-bond acceptors (Lipinski definition) is 3. The molecule has 1 aliphatic heterocycles. The second kappa shape index (κ2) is 8.07. The summed E-state index contributed by atoms with van der Waals surface area (Å²) in [4.78, 5) is 25.4. The Kier molecular flexibility index (Phi) is 5.82. The average molecular weight is 346 g/mol. The highest BCUT2D eigenvalue weighted by atomic mass is 16.5. The molecule has 5 heteroatoms. The minimum Gasteiger partial charge on any atom is -0.492 e. The molecule has 1 aromatic heterocycles. The molecule has 2 aliphatic rings. The topological polar surface area (TPSA) is 60.3 Å². The summed E-state index contributed by atoms with van der Waals surface area (Å²) in [6.07, 6.45) is 7.16. The zero-order valence-corrected chi connectivity index (χ0v) is 15.5. The molecular weight excluding hydrogens is 316 g/mol. The van der Waals surface area contributed by atoms with Crippen molar-refractivity contribution in [2.75, 3.05) is 13.2 Å². The molecule has 0 saturated heterocycles. The van der Waals surface area contributed by atoms with Gasteiger partial charge in [-0.1, -0.05) is 20.3 Å². The summed E-state index contributed by atoms with van der Waals surface area (Å²) >= 11 is 0. The van der Waals surface area contributed by atoms with Gasteiger partial charge in [-0.25, -0.2) is 0 Å². The molecule has 1 N–H and O–H groups in total. The van der Waals surface area contributed by atoms with Crippen molar-refractivity contribution in [3.63, 3.8) is 0 Å². The minimum atomic E-state index is -0.0999. The monoisotopic (exact) mass is 346 g/mol. The fraction of sp³-hybridized carbons (Fsp3) is 0.700. The van der Waals surface area contributed by atoms with Gasteiger partial charge in [0.25, 0.3) is 11.5 Å². The van der Waals surface area contributed by atoms with Crippen LogP contribution in [0.3, 0.4) is 0 Å². The maximum atomic E-state index is 12.9. The van der Waals surface area contributed by atoms with Gasteiger partial charge >= 0.3 is 0 Å². The van der Waals surface area contributed by atoms with E-state index in [9.17, 15) is 9.59 Å². The first kappa shape index (κ1) is 18.0. The molecule has 5 nitrogen and oxygen atoms in total. The van der Waals surface area contributed by atoms with Gasteiger partial charge in [0.2, 0.25) is 0 Å². The lowest BCUT2D eigenvalue weighted by Gasteiger charge is -2.19. The van der Waals surface area contributed by atoms with Crippen molar-refractivity contribution in [2.24, 2.45) is 11.8 Å². The van der Waals surface area contributed by atoms with Crippen LogP contribution in [0.4, 0.5) is 0 Å². The van der Waals surface area contributed by atoms with E-state index in [1.54, 1.807) is 4.57 Å². The number of fused-ring (bicyclic) bond motifs is 1. The fourth-order valence-electron chi connectivity index (χ4n) is 3.33. The van der Waals surface area contributed by atoms with Crippen LogP contribution in [-0.4, -0.2) is 23.6 Å². The number of nitrogens with zero attached hydrogens (tertiary/aromatic N) is 1. The predicted octanol–water partition coefficient (Wildman–Crippen LogP) is 3.14. The molecular formula is C20H30N2O3. The lowest BCUT2D eigenvalue weighted by Crippen LogP contribution is -2.32. The Morgan fingerprint density at radius 3 is 2.84 bits per heavy atom. The molecule has 0 unspecified atom stereocenters. The van der Waals surface area contributed by atoms with Gasteiger partial charge in [0.15, 0.2) is 0 Å². The van der Waals surface area contributed by atoms with Crippen LogP contribution in [0.15, 0.2) is 10.9 Å². The number of ether oxygens (including phenoxy) is 1. The van der Waals surface area contributed by atoms with Gasteiger partial charge in [-0.05, 0) is 50.4 Å². The molecule has 138 valence electrons. The lowest BCUT2D eigenvalue weighted by atomic mass is 10.1. The molecule has 1 aromatic rings. The van der Waals surface area contributed by atoms with Crippen LogP contribution >= 0.6 is 0 Å². The van der Waals surface area contributed by atoms with Crippen molar-refractivity contribution in [3.8, 4) is 5.75 Å². The molecule has 25 heavy (non-hydrogen) atoms. The van der Waals surface area contributed by atoms with Gasteiger partial charge in [-0.2, -0.15) is 0 Å². The molecule has 1 aliphatic carbocycles. The highest BCUT2D eigenvalue weighted by Crippen LogP contribution is 2.31. The van der Waals surface area contributed by atoms with Crippen molar-refractivity contribution < 1.29 is 9.53 Å². The van der Waals surface area contributed by atoms with Crippen LogP contribution < -0.4 is 15.6 Å². The Balaban J connectivity index is 1.89. The van der Waals surface area contributed by atoms with Gasteiger partial charge in [0.05, 0.1) is 6.61 Å². The highest BCUT2D eigenvalue weighted by Gasteiger charge is 2.26. The Labute approximate surface area is 149 Å². The largest absolute Gasteiger partial charge is 0.492 e. The van der Waals surface area contributed by atoms with Crippen LogP contribution in [-0.2, 0) is 13.0 Å². The van der Waals surface area contributed by atoms with Crippen LogP contribution in [0.2, 0.25) is 0 Å². The Morgan fingerprint density at radius 2 is 2.12 bits per heavy atom. The first-order chi connectivity index (χ1) is 12.1. The second-order valence-electron chi connectivity index (χ2n) is 7.82. The number of hydrogen-bond donors (Lipinski definition) is 1. The van der Waals surface area contributed by atoms with E-state index in [-0.39, 0.29) is 11.5 Å². The van der Waals surface area contributed by atoms with E-state index in [0.717, 1.165) is 37.8 Å². The third kappa shape index (κ3) is 4.65. The van der Waals surface area contributed by atoms with Crippen molar-refractivity contribution in [2.45, 2.75) is 65.3 Å². The summed E-state index contributed by atoms with van der Waals surface area (Å²) in [6.45, 7) is 6.24. The number of pyridine rings is 1. The van der Waals surface area contributed by atoms with Crippen molar-refractivity contribution in [1.29, 1.82) is 0 Å². The minimum absolute atomic E-state index is 0.0403. The summed E-state index contributed by atoms with van der Waals surface area (Å²) in [5.41, 5.74) is 1.41. The number of nitrogens with one attached hydrogen (secondary N) is 1. The Morgan fingerprint density at radius 1 is 1.32 bits per heavy atom. The van der Waals surface area contributed by atoms with Gasteiger partial charge in [0.1, 0.15) is 11.3 Å². The summed E-state index contributed by atoms with van der Waals surface area (Å²) in [5.74, 6) is 1.50. The quantitative estimate of drug-likeness (QED) is 0.825. The van der Waals surface area contributed by atoms with E-state index in [4.69, 9.17) is 4.74 Å². The maximum Gasteiger partial charge on any atom is 0.256 e. The van der Waals surface area contributed by atoms with Crippen LogP contribution in [0.1, 0.15) is 68.4 Å². The molecule has 0 bridgehead atoms. The number of rotatable bonds is 7. The first-order valence-electron chi connectivity index (χ1n) is 9.74. The van der Waals surface area contributed by atoms with Crippen molar-refractivity contribution in [1.82, 2.24) is 9.88 Å². The molecule has 1 saturated carbocycles. The van der Waals surface area contributed by atoms with E-state index in [0.29, 0.717) is 42.8 Å². The molecule has 1 amide bonds. The molecule has 1 fully saturated rings. The van der Waals surface area contributed by atoms with Crippen LogP contribution in [0, 0.1) is 11.8 Å². The lowest BCUT2D eigenvalue weighted by molar-refractivity contribution is 0.0945. The normalized spacial score (nSPS) is 17.1. The van der Waals surface area contributed by atoms with E-state index in [1.165, 1.54) is 18.9 Å². The number of aromatic nitrogens is 1. The molecule has 0 aromatic carbocycles. The molecule has 3 rings (SSSR count). The smallest absolute Gasteiger partial charge is 0.256 e. The summed E-state index contributed by atoms with van der Waals surface area (Å²) in [6, 6.07) is 1.52. The van der Waals surface area contributed by atoms with Crippen molar-refractivity contribution in [3.05, 3.63) is 27.7 Å². The van der Waals surface area contributed by atoms with E-state index in [2.05, 4.69) is 19.2 Å². The zero-order valence-electron chi connectivity index (χ0n) is 15.5. The van der Waals surface area contributed by atoms with Gasteiger partial charge in [-0.3, -0.25) is 9.59 Å². The predicted molar refractivity (Wildman–Crippen MR) is 98.3 cm³/mol. The molecule has 0 radical (unpaired) electrons. The van der Waals surface area contributed by atoms with E-state index >= 15 is 0 Å². The number of carbonyl (C=O) groups is 1. The summed E-state index contributed by atoms with van der Waals surface area (Å²) in [5, 5.41) is 3.03. The average Bonchev–Trinajstić information content (AvgIpc) is 3.39. The number of carbonyl (C=O) groups excluding carboxylic acids is 1. The second-order valence-corrected chi connectivity index (χ2v) is 7.82. The zero-order chi connectivity index (χ0) is 17.8. The molecule has 2 heterocycles. The van der Waals surface area contributed by atoms with E-state index < -0.39 is 0 Å². The first-order valence-corrected chi connectivity index (χ1v) is 9.74. The molecule has 0 spiro atoms. The standard InChI is InChI=1S/C20H30N2O3/c1-14(2)9-10-21-20(24)19-16-6-4-3-5-11-22(16)18(23)12-17(19)25-13-15-7-8-15/h12,14-15H,3-11,13H2,1-2H3,(H,21,24). The van der Waals surface area contributed by atoms with Gasteiger partial charge < -0.3 is 14.6 Å². The van der Waals surface area contributed by atoms with Gasteiger partial charge in [0, 0.05) is 24.8 Å². The van der Waals surface area contributed by atoms with Crippen LogP contribution in [0.25, 0.3) is 0 Å². The van der Waals surface area contributed by atoms with E-state index in [1.807, 2.05) is 0 Å².